The van der Waals surface area contributed by atoms with Crippen LogP contribution in [0.15, 0.2) is 60.7 Å². The minimum absolute atomic E-state index is 0.0689. The Morgan fingerprint density at radius 1 is 0.947 bits per heavy atom. The summed E-state index contributed by atoms with van der Waals surface area (Å²) >= 11 is 12.8. The molecule has 204 valence electrons. The molecular weight excluding hydrogens is 545 g/mol. The summed E-state index contributed by atoms with van der Waals surface area (Å²) in [6.45, 7) is 6.76. The van der Waals surface area contributed by atoms with E-state index in [-0.39, 0.29) is 12.5 Å². The summed E-state index contributed by atoms with van der Waals surface area (Å²) < 4.78 is 27.1. The standard InChI is InChI=1S/C28H33Cl2N3O4S/c1-6-24(27(35)31-28(2,3)4)32(17-21-22(29)14-10-15-23(21)30)26(34)18-33(38(5,36)37)25-16-9-12-19-11-7-8-13-20(19)25/h7-16,24H,6,17-18H2,1-5H3,(H,31,35)/t24-/m1/s1. The number of sulfonamides is 1. The van der Waals surface area contributed by atoms with Gasteiger partial charge in [0.1, 0.15) is 12.6 Å². The van der Waals surface area contributed by atoms with Crippen molar-refractivity contribution in [2.45, 2.75) is 52.2 Å². The molecule has 0 radical (unpaired) electrons. The molecule has 0 unspecified atom stereocenters. The first-order valence-corrected chi connectivity index (χ1v) is 14.8. The Bertz CT molecular complexity index is 1410. The van der Waals surface area contributed by atoms with E-state index in [1.807, 2.05) is 45.0 Å². The predicted molar refractivity (Wildman–Crippen MR) is 155 cm³/mol. The molecule has 1 N–H and O–H groups in total. The van der Waals surface area contributed by atoms with Gasteiger partial charge in [-0.15, -0.1) is 0 Å². The van der Waals surface area contributed by atoms with Crippen molar-refractivity contribution in [1.29, 1.82) is 0 Å². The molecule has 1 atom stereocenters. The van der Waals surface area contributed by atoms with Crippen LogP contribution in [-0.2, 0) is 26.2 Å². The first-order valence-electron chi connectivity index (χ1n) is 12.2. The maximum atomic E-state index is 14.0. The number of nitrogens with zero attached hydrogens (tertiary/aromatic N) is 2. The monoisotopic (exact) mass is 577 g/mol. The fraction of sp³-hybridized carbons (Fsp3) is 0.357. The van der Waals surface area contributed by atoms with E-state index in [1.165, 1.54) is 4.90 Å². The van der Waals surface area contributed by atoms with Crippen LogP contribution in [0.2, 0.25) is 10.0 Å². The maximum absolute atomic E-state index is 14.0. The quantitative estimate of drug-likeness (QED) is 0.357. The second kappa shape index (κ2) is 11.9. The SMILES string of the molecule is CC[C@H](C(=O)NC(C)(C)C)N(Cc1c(Cl)cccc1Cl)C(=O)CN(c1cccc2ccccc12)S(C)(=O)=O. The topological polar surface area (TPSA) is 86.8 Å². The van der Waals surface area contributed by atoms with Crippen molar-refractivity contribution in [2.24, 2.45) is 0 Å². The summed E-state index contributed by atoms with van der Waals surface area (Å²) in [6.07, 6.45) is 1.35. The number of hydrogen-bond acceptors (Lipinski definition) is 4. The molecule has 3 aromatic carbocycles. The van der Waals surface area contributed by atoms with Gasteiger partial charge in [-0.3, -0.25) is 13.9 Å². The van der Waals surface area contributed by atoms with Crippen LogP contribution in [-0.4, -0.2) is 49.5 Å². The molecule has 0 fully saturated rings. The van der Waals surface area contributed by atoms with Gasteiger partial charge in [-0.25, -0.2) is 8.42 Å². The van der Waals surface area contributed by atoms with Crippen LogP contribution < -0.4 is 9.62 Å². The highest BCUT2D eigenvalue weighted by Gasteiger charge is 2.34. The van der Waals surface area contributed by atoms with Gasteiger partial charge in [0, 0.05) is 33.1 Å². The summed E-state index contributed by atoms with van der Waals surface area (Å²) in [7, 11) is -3.88. The number of fused-ring (bicyclic) bond motifs is 1. The average Bonchev–Trinajstić information content (AvgIpc) is 2.82. The van der Waals surface area contributed by atoms with Crippen molar-refractivity contribution in [3.8, 4) is 0 Å². The fourth-order valence-electron chi connectivity index (χ4n) is 4.25. The lowest BCUT2D eigenvalue weighted by molar-refractivity contribution is -0.141. The highest BCUT2D eigenvalue weighted by Crippen LogP contribution is 2.30. The van der Waals surface area contributed by atoms with E-state index < -0.39 is 34.1 Å². The Kier molecular flexibility index (Phi) is 9.34. The van der Waals surface area contributed by atoms with Crippen LogP contribution in [0.4, 0.5) is 5.69 Å². The number of anilines is 1. The van der Waals surface area contributed by atoms with Crippen LogP contribution in [0.5, 0.6) is 0 Å². The van der Waals surface area contributed by atoms with Gasteiger partial charge in [0.25, 0.3) is 0 Å². The summed E-state index contributed by atoms with van der Waals surface area (Å²) in [5, 5.41) is 5.14. The van der Waals surface area contributed by atoms with Gasteiger partial charge < -0.3 is 10.2 Å². The highest BCUT2D eigenvalue weighted by atomic mass is 35.5. The van der Waals surface area contributed by atoms with E-state index in [0.29, 0.717) is 33.1 Å². The highest BCUT2D eigenvalue weighted by molar-refractivity contribution is 7.92. The number of amides is 2. The molecule has 3 rings (SSSR count). The number of hydrogen-bond donors (Lipinski definition) is 1. The van der Waals surface area contributed by atoms with Crippen LogP contribution in [0.25, 0.3) is 10.8 Å². The Morgan fingerprint density at radius 2 is 1.53 bits per heavy atom. The van der Waals surface area contributed by atoms with Gasteiger partial charge in [-0.2, -0.15) is 0 Å². The fourth-order valence-corrected chi connectivity index (χ4v) is 5.63. The number of benzene rings is 3. The molecule has 0 aliphatic rings. The minimum atomic E-state index is -3.88. The number of carbonyl (C=O) groups is 2. The van der Waals surface area contributed by atoms with Crippen molar-refractivity contribution < 1.29 is 18.0 Å². The van der Waals surface area contributed by atoms with Crippen LogP contribution in [0.1, 0.15) is 39.7 Å². The molecule has 0 aliphatic carbocycles. The third kappa shape index (κ3) is 7.18. The Morgan fingerprint density at radius 3 is 2.11 bits per heavy atom. The van der Waals surface area contributed by atoms with Crippen molar-refractivity contribution in [3.63, 3.8) is 0 Å². The predicted octanol–water partition coefficient (Wildman–Crippen LogP) is 5.63. The zero-order valence-corrected chi connectivity index (χ0v) is 24.5. The van der Waals surface area contributed by atoms with E-state index in [4.69, 9.17) is 23.2 Å². The van der Waals surface area contributed by atoms with Crippen molar-refractivity contribution >= 4 is 61.5 Å². The molecule has 0 spiro atoms. The molecule has 7 nitrogen and oxygen atoms in total. The van der Waals surface area contributed by atoms with Crippen LogP contribution in [0.3, 0.4) is 0 Å². The summed E-state index contributed by atoms with van der Waals surface area (Å²) in [5.74, 6) is -0.914. The van der Waals surface area contributed by atoms with Crippen LogP contribution in [0, 0.1) is 0 Å². The molecule has 10 heteroatoms. The maximum Gasteiger partial charge on any atom is 0.244 e. The Labute approximate surface area is 234 Å². The van der Waals surface area contributed by atoms with Gasteiger partial charge in [0.2, 0.25) is 21.8 Å². The number of nitrogens with one attached hydrogen (secondary N) is 1. The molecule has 38 heavy (non-hydrogen) atoms. The molecule has 0 saturated carbocycles. The molecular formula is C28H33Cl2N3O4S. The average molecular weight is 579 g/mol. The van der Waals surface area contributed by atoms with Crippen molar-refractivity contribution in [3.05, 3.63) is 76.3 Å². The van der Waals surface area contributed by atoms with Gasteiger partial charge in [-0.05, 0) is 50.8 Å². The van der Waals surface area contributed by atoms with E-state index in [1.54, 1.807) is 43.3 Å². The molecule has 2 amide bonds. The van der Waals surface area contributed by atoms with Crippen molar-refractivity contribution in [1.82, 2.24) is 10.2 Å². The lowest BCUT2D eigenvalue weighted by Gasteiger charge is -2.35. The normalized spacial score (nSPS) is 12.7. The Balaban J connectivity index is 2.08. The summed E-state index contributed by atoms with van der Waals surface area (Å²) in [4.78, 5) is 28.6. The van der Waals surface area contributed by atoms with Crippen molar-refractivity contribution in [2.75, 3.05) is 17.1 Å². The largest absolute Gasteiger partial charge is 0.350 e. The number of rotatable bonds is 9. The third-order valence-corrected chi connectivity index (χ3v) is 7.82. The second-order valence-electron chi connectivity index (χ2n) is 10.2. The third-order valence-electron chi connectivity index (χ3n) is 5.99. The molecule has 0 saturated heterocycles. The van der Waals surface area contributed by atoms with Gasteiger partial charge in [0.05, 0.1) is 11.9 Å². The van der Waals surface area contributed by atoms with E-state index in [0.717, 1.165) is 15.9 Å². The zero-order chi connectivity index (χ0) is 28.3. The zero-order valence-electron chi connectivity index (χ0n) is 22.2. The van der Waals surface area contributed by atoms with Gasteiger partial charge >= 0.3 is 0 Å². The molecule has 3 aromatic rings. The van der Waals surface area contributed by atoms with Crippen LogP contribution >= 0.6 is 23.2 Å². The molecule has 0 bridgehead atoms. The lowest BCUT2D eigenvalue weighted by Crippen LogP contribution is -2.55. The van der Waals surface area contributed by atoms with Gasteiger partial charge in [0.15, 0.2) is 0 Å². The lowest BCUT2D eigenvalue weighted by atomic mass is 10.1. The molecule has 0 heterocycles. The molecule has 0 aliphatic heterocycles. The minimum Gasteiger partial charge on any atom is -0.350 e. The first-order chi connectivity index (χ1) is 17.7. The summed E-state index contributed by atoms with van der Waals surface area (Å²) in [6, 6.07) is 16.7. The number of halogens is 2. The van der Waals surface area contributed by atoms with Gasteiger partial charge in [-0.1, -0.05) is 72.6 Å². The van der Waals surface area contributed by atoms with E-state index in [2.05, 4.69) is 5.32 Å². The second-order valence-corrected chi connectivity index (χ2v) is 12.9. The van der Waals surface area contributed by atoms with E-state index >= 15 is 0 Å². The smallest absolute Gasteiger partial charge is 0.244 e. The number of carbonyl (C=O) groups excluding carboxylic acids is 2. The molecule has 0 aromatic heterocycles. The van der Waals surface area contributed by atoms with E-state index in [9.17, 15) is 18.0 Å². The summed E-state index contributed by atoms with van der Waals surface area (Å²) in [5.41, 5.74) is 0.312. The Hall–Kier alpha value is -2.81. The first kappa shape index (κ1) is 29.7.